The smallest absolute Gasteiger partial charge is 0.113 e. The molecule has 1 aromatic heterocycles. The predicted molar refractivity (Wildman–Crippen MR) is 89.6 cm³/mol. The van der Waals surface area contributed by atoms with Gasteiger partial charge < -0.3 is 10.5 Å². The fourth-order valence-corrected chi connectivity index (χ4v) is 3.34. The van der Waals surface area contributed by atoms with Crippen molar-refractivity contribution in [2.75, 3.05) is 13.7 Å². The highest BCUT2D eigenvalue weighted by molar-refractivity contribution is 7.10. The van der Waals surface area contributed by atoms with Gasteiger partial charge in [0.2, 0.25) is 0 Å². The maximum atomic E-state index is 6.42. The van der Waals surface area contributed by atoms with E-state index in [2.05, 4.69) is 43.5 Å². The lowest BCUT2D eigenvalue weighted by molar-refractivity contribution is 0.202. The van der Waals surface area contributed by atoms with Gasteiger partial charge in [-0.25, -0.2) is 4.98 Å². The molecule has 0 fully saturated rings. The van der Waals surface area contributed by atoms with Crippen molar-refractivity contribution in [3.05, 3.63) is 40.2 Å². The number of nitrogens with zero attached hydrogens (tertiary/aromatic N) is 1. The summed E-state index contributed by atoms with van der Waals surface area (Å²) in [6.45, 7) is 4.99. The molecule has 1 aromatic carbocycles. The number of nitrogens with two attached hydrogens (primary N) is 1. The zero-order chi connectivity index (χ0) is 15.3. The van der Waals surface area contributed by atoms with Gasteiger partial charge in [0.1, 0.15) is 5.01 Å². The SMILES string of the molecule is CCC(N)(CC)c1nc(-c2ccc(CCOC)cc2)cs1. The molecule has 0 saturated heterocycles. The minimum atomic E-state index is -0.290. The van der Waals surface area contributed by atoms with Crippen molar-refractivity contribution in [2.24, 2.45) is 5.73 Å². The molecule has 0 amide bonds. The first kappa shape index (κ1) is 16.1. The maximum Gasteiger partial charge on any atom is 0.113 e. The predicted octanol–water partition coefficient (Wildman–Crippen LogP) is 3.97. The fraction of sp³-hybridized carbons (Fsp3) is 0.471. The van der Waals surface area contributed by atoms with E-state index in [1.807, 2.05) is 0 Å². The Morgan fingerprint density at radius 2 is 1.86 bits per heavy atom. The molecule has 0 spiro atoms. The monoisotopic (exact) mass is 304 g/mol. The first-order valence-electron chi connectivity index (χ1n) is 7.46. The second-order valence-corrected chi connectivity index (χ2v) is 6.20. The molecule has 0 radical (unpaired) electrons. The van der Waals surface area contributed by atoms with E-state index in [4.69, 9.17) is 15.5 Å². The molecule has 3 nitrogen and oxygen atoms in total. The van der Waals surface area contributed by atoms with Crippen molar-refractivity contribution in [1.29, 1.82) is 0 Å². The Morgan fingerprint density at radius 3 is 2.43 bits per heavy atom. The number of methoxy groups -OCH3 is 1. The number of aromatic nitrogens is 1. The van der Waals surface area contributed by atoms with Gasteiger partial charge in [0.15, 0.2) is 0 Å². The Hall–Kier alpha value is -1.23. The van der Waals surface area contributed by atoms with Crippen molar-refractivity contribution in [2.45, 2.75) is 38.6 Å². The van der Waals surface area contributed by atoms with Crippen molar-refractivity contribution >= 4 is 11.3 Å². The molecule has 4 heteroatoms. The lowest BCUT2D eigenvalue weighted by atomic mass is 9.95. The van der Waals surface area contributed by atoms with Crippen LogP contribution in [0.15, 0.2) is 29.6 Å². The molecule has 21 heavy (non-hydrogen) atoms. The summed E-state index contributed by atoms with van der Waals surface area (Å²) < 4.78 is 5.10. The van der Waals surface area contributed by atoms with Gasteiger partial charge in [-0.05, 0) is 24.8 Å². The first-order chi connectivity index (χ1) is 10.1. The van der Waals surface area contributed by atoms with Gasteiger partial charge in [-0.3, -0.25) is 0 Å². The lowest BCUT2D eigenvalue weighted by Crippen LogP contribution is -2.34. The second-order valence-electron chi connectivity index (χ2n) is 5.34. The molecule has 0 atom stereocenters. The third kappa shape index (κ3) is 3.70. The van der Waals surface area contributed by atoms with E-state index in [1.54, 1.807) is 18.4 Å². The minimum absolute atomic E-state index is 0.290. The third-order valence-electron chi connectivity index (χ3n) is 4.04. The molecule has 0 saturated carbocycles. The zero-order valence-electron chi connectivity index (χ0n) is 13.1. The first-order valence-corrected chi connectivity index (χ1v) is 8.34. The summed E-state index contributed by atoms with van der Waals surface area (Å²) in [6.07, 6.45) is 2.76. The van der Waals surface area contributed by atoms with Crippen molar-refractivity contribution in [3.8, 4) is 11.3 Å². The zero-order valence-corrected chi connectivity index (χ0v) is 13.9. The van der Waals surface area contributed by atoms with Crippen LogP contribution < -0.4 is 5.73 Å². The Labute approximate surface area is 131 Å². The molecule has 0 bridgehead atoms. The standard InChI is InChI=1S/C17H24N2OS/c1-4-17(18,5-2)16-19-15(12-21-16)14-8-6-13(7-9-14)10-11-20-3/h6-9,12H,4-5,10-11,18H2,1-3H3. The quantitative estimate of drug-likeness (QED) is 0.842. The van der Waals surface area contributed by atoms with Crippen LogP contribution in [0.4, 0.5) is 0 Å². The van der Waals surface area contributed by atoms with Crippen LogP contribution in [-0.4, -0.2) is 18.7 Å². The van der Waals surface area contributed by atoms with E-state index < -0.39 is 0 Å². The van der Waals surface area contributed by atoms with Gasteiger partial charge in [-0.15, -0.1) is 11.3 Å². The van der Waals surface area contributed by atoms with Gasteiger partial charge in [0, 0.05) is 18.1 Å². The third-order valence-corrected chi connectivity index (χ3v) is 5.10. The van der Waals surface area contributed by atoms with Crippen molar-refractivity contribution < 1.29 is 4.74 Å². The van der Waals surface area contributed by atoms with E-state index in [9.17, 15) is 0 Å². The summed E-state index contributed by atoms with van der Waals surface area (Å²) in [4.78, 5) is 4.75. The molecule has 114 valence electrons. The van der Waals surface area contributed by atoms with E-state index >= 15 is 0 Å². The van der Waals surface area contributed by atoms with Gasteiger partial charge in [0.05, 0.1) is 17.8 Å². The normalized spacial score (nSPS) is 11.8. The highest BCUT2D eigenvalue weighted by atomic mass is 32.1. The Kier molecular flexibility index (Phi) is 5.51. The van der Waals surface area contributed by atoms with Crippen LogP contribution in [0.2, 0.25) is 0 Å². The molecule has 2 aromatic rings. The average molecular weight is 304 g/mol. The number of ether oxygens (including phenoxy) is 1. The van der Waals surface area contributed by atoms with E-state index in [0.29, 0.717) is 0 Å². The highest BCUT2D eigenvalue weighted by Gasteiger charge is 2.26. The summed E-state index contributed by atoms with van der Waals surface area (Å²) in [5.41, 5.74) is 9.58. The van der Waals surface area contributed by atoms with Gasteiger partial charge in [-0.1, -0.05) is 38.1 Å². The molecule has 0 aliphatic rings. The van der Waals surface area contributed by atoms with Crippen LogP contribution in [0.3, 0.4) is 0 Å². The van der Waals surface area contributed by atoms with Crippen LogP contribution >= 0.6 is 11.3 Å². The van der Waals surface area contributed by atoms with Crippen molar-refractivity contribution in [1.82, 2.24) is 4.98 Å². The molecule has 2 N–H and O–H groups in total. The Morgan fingerprint density at radius 1 is 1.19 bits per heavy atom. The Balaban J connectivity index is 2.18. The molecule has 1 heterocycles. The molecule has 0 unspecified atom stereocenters. The minimum Gasteiger partial charge on any atom is -0.384 e. The topological polar surface area (TPSA) is 48.1 Å². The number of thiazole rings is 1. The van der Waals surface area contributed by atoms with Crippen LogP contribution in [0.1, 0.15) is 37.3 Å². The van der Waals surface area contributed by atoms with E-state index in [1.165, 1.54) is 5.56 Å². The summed E-state index contributed by atoms with van der Waals surface area (Å²) in [7, 11) is 1.73. The number of hydrogen-bond donors (Lipinski definition) is 1. The summed E-state index contributed by atoms with van der Waals surface area (Å²) in [5.74, 6) is 0. The van der Waals surface area contributed by atoms with E-state index in [0.717, 1.165) is 42.1 Å². The maximum absolute atomic E-state index is 6.42. The fourth-order valence-electron chi connectivity index (χ4n) is 2.25. The molecule has 0 aliphatic heterocycles. The molecular weight excluding hydrogens is 280 g/mol. The largest absolute Gasteiger partial charge is 0.384 e. The summed E-state index contributed by atoms with van der Waals surface area (Å²) in [6, 6.07) is 8.53. The average Bonchev–Trinajstić information content (AvgIpc) is 3.03. The summed E-state index contributed by atoms with van der Waals surface area (Å²) in [5, 5.41) is 3.14. The van der Waals surface area contributed by atoms with Gasteiger partial charge >= 0.3 is 0 Å². The summed E-state index contributed by atoms with van der Waals surface area (Å²) >= 11 is 1.66. The van der Waals surface area contributed by atoms with Crippen molar-refractivity contribution in [3.63, 3.8) is 0 Å². The number of benzene rings is 1. The van der Waals surface area contributed by atoms with Gasteiger partial charge in [0.25, 0.3) is 0 Å². The number of hydrogen-bond acceptors (Lipinski definition) is 4. The second kappa shape index (κ2) is 7.16. The molecule has 0 aliphatic carbocycles. The highest BCUT2D eigenvalue weighted by Crippen LogP contribution is 2.31. The lowest BCUT2D eigenvalue weighted by Gasteiger charge is -2.23. The van der Waals surface area contributed by atoms with E-state index in [-0.39, 0.29) is 5.54 Å². The van der Waals surface area contributed by atoms with Crippen LogP contribution in [-0.2, 0) is 16.7 Å². The van der Waals surface area contributed by atoms with Crippen LogP contribution in [0.5, 0.6) is 0 Å². The molecule has 2 rings (SSSR count). The van der Waals surface area contributed by atoms with Gasteiger partial charge in [-0.2, -0.15) is 0 Å². The molecular formula is C17H24N2OS. The number of rotatable bonds is 7. The van der Waals surface area contributed by atoms with Crippen LogP contribution in [0.25, 0.3) is 11.3 Å². The Bertz CT molecular complexity index is 558. The van der Waals surface area contributed by atoms with Crippen LogP contribution in [0, 0.1) is 0 Å².